The Morgan fingerprint density at radius 2 is 2.20 bits per heavy atom. The monoisotopic (exact) mass is 196 g/mol. The van der Waals surface area contributed by atoms with E-state index in [1.165, 1.54) is 0 Å². The molecule has 0 saturated heterocycles. The van der Waals surface area contributed by atoms with Gasteiger partial charge in [0.05, 0.1) is 11.7 Å². The highest BCUT2D eigenvalue weighted by atomic mass is 14.7. The molecule has 0 unspecified atom stereocenters. The fourth-order valence-electron chi connectivity index (χ4n) is 1.60. The summed E-state index contributed by atoms with van der Waals surface area (Å²) >= 11 is 0. The number of nitrogens with one attached hydrogen (secondary N) is 1. The van der Waals surface area contributed by atoms with Crippen LogP contribution in [0.1, 0.15) is 11.3 Å². The normalized spacial score (nSPS) is 10.9. The van der Waals surface area contributed by atoms with E-state index in [0.29, 0.717) is 0 Å². The Kier molecular flexibility index (Phi) is 2.50. The molecule has 0 atom stereocenters. The molecule has 2 nitrogen and oxygen atoms in total. The number of rotatable bonds is 3. The number of aromatic nitrogens is 2. The number of hydrogen-bond donors (Lipinski definition) is 1. The van der Waals surface area contributed by atoms with E-state index in [-0.39, 0.29) is 0 Å². The van der Waals surface area contributed by atoms with Crippen molar-refractivity contribution in [3.63, 3.8) is 0 Å². The lowest BCUT2D eigenvalue weighted by Gasteiger charge is -1.91. The maximum absolute atomic E-state index is 4.07. The van der Waals surface area contributed by atoms with Crippen molar-refractivity contribution in [1.29, 1.82) is 0 Å². The van der Waals surface area contributed by atoms with Gasteiger partial charge >= 0.3 is 0 Å². The summed E-state index contributed by atoms with van der Waals surface area (Å²) < 4.78 is 0. The third kappa shape index (κ3) is 1.62. The average Bonchev–Trinajstić information content (AvgIpc) is 2.63. The van der Waals surface area contributed by atoms with Crippen molar-refractivity contribution in [3.8, 4) is 0 Å². The molecule has 0 bridgehead atoms. The van der Waals surface area contributed by atoms with E-state index in [1.807, 2.05) is 30.5 Å². The summed E-state index contributed by atoms with van der Waals surface area (Å²) in [6.45, 7) is 7.47. The van der Waals surface area contributed by atoms with Crippen LogP contribution < -0.4 is 0 Å². The summed E-state index contributed by atoms with van der Waals surface area (Å²) in [4.78, 5) is 7.35. The molecule has 0 saturated carbocycles. The van der Waals surface area contributed by atoms with Gasteiger partial charge in [0.2, 0.25) is 0 Å². The standard InChI is InChI=1S/C13H12N2/c1-3-5-6-12-10(4-2)11-7-8-14-9-13(11)15-12/h3-9,15H,1-2H2/b6-5-. The summed E-state index contributed by atoms with van der Waals surface area (Å²) in [5.41, 5.74) is 3.16. The number of hydrogen-bond acceptors (Lipinski definition) is 1. The van der Waals surface area contributed by atoms with E-state index < -0.39 is 0 Å². The van der Waals surface area contributed by atoms with E-state index in [1.54, 1.807) is 12.3 Å². The number of H-pyrrole nitrogens is 1. The summed E-state index contributed by atoms with van der Waals surface area (Å²) in [7, 11) is 0. The number of fused-ring (bicyclic) bond motifs is 1. The SMILES string of the molecule is C=C/C=C\c1[nH]c2cnccc2c1C=C. The van der Waals surface area contributed by atoms with Gasteiger partial charge in [-0.3, -0.25) is 4.98 Å². The van der Waals surface area contributed by atoms with Crippen LogP contribution in [0, 0.1) is 0 Å². The van der Waals surface area contributed by atoms with E-state index >= 15 is 0 Å². The van der Waals surface area contributed by atoms with Crippen LogP contribution in [0.15, 0.2) is 43.8 Å². The Hall–Kier alpha value is -2.09. The van der Waals surface area contributed by atoms with Gasteiger partial charge in [-0.15, -0.1) is 0 Å². The van der Waals surface area contributed by atoms with Crippen LogP contribution in [0.4, 0.5) is 0 Å². The molecular formula is C13H12N2. The molecule has 0 aliphatic heterocycles. The first-order valence-electron chi connectivity index (χ1n) is 4.74. The minimum Gasteiger partial charge on any atom is -0.353 e. The topological polar surface area (TPSA) is 28.7 Å². The zero-order valence-corrected chi connectivity index (χ0v) is 8.40. The van der Waals surface area contributed by atoms with Gasteiger partial charge in [-0.2, -0.15) is 0 Å². The van der Waals surface area contributed by atoms with Crippen LogP contribution in [0.2, 0.25) is 0 Å². The zero-order valence-electron chi connectivity index (χ0n) is 8.40. The molecule has 0 fully saturated rings. The van der Waals surface area contributed by atoms with Crippen LogP contribution >= 0.6 is 0 Å². The summed E-state index contributed by atoms with van der Waals surface area (Å²) in [6.07, 6.45) is 11.1. The second-order valence-electron chi connectivity index (χ2n) is 3.17. The molecule has 0 aliphatic carbocycles. The van der Waals surface area contributed by atoms with Crippen molar-refractivity contribution in [2.45, 2.75) is 0 Å². The smallest absolute Gasteiger partial charge is 0.0651 e. The molecule has 0 radical (unpaired) electrons. The third-order valence-corrected chi connectivity index (χ3v) is 2.27. The van der Waals surface area contributed by atoms with Crippen molar-refractivity contribution in [2.24, 2.45) is 0 Å². The highest BCUT2D eigenvalue weighted by molar-refractivity contribution is 5.92. The largest absolute Gasteiger partial charge is 0.353 e. The highest BCUT2D eigenvalue weighted by Crippen LogP contribution is 2.23. The van der Waals surface area contributed by atoms with Gasteiger partial charge in [0.1, 0.15) is 0 Å². The first-order chi connectivity index (χ1) is 7.36. The van der Waals surface area contributed by atoms with Crippen LogP contribution in [-0.2, 0) is 0 Å². The Labute approximate surface area is 88.7 Å². The Morgan fingerprint density at radius 1 is 1.33 bits per heavy atom. The van der Waals surface area contributed by atoms with Crippen molar-refractivity contribution >= 4 is 23.1 Å². The lowest BCUT2D eigenvalue weighted by Crippen LogP contribution is -1.73. The molecule has 1 N–H and O–H groups in total. The lowest BCUT2D eigenvalue weighted by atomic mass is 10.1. The third-order valence-electron chi connectivity index (χ3n) is 2.27. The summed E-state index contributed by atoms with van der Waals surface area (Å²) in [5.74, 6) is 0. The molecule has 0 amide bonds. The Morgan fingerprint density at radius 3 is 2.93 bits per heavy atom. The highest BCUT2D eigenvalue weighted by Gasteiger charge is 2.05. The molecule has 74 valence electrons. The van der Waals surface area contributed by atoms with Gasteiger partial charge in [0.25, 0.3) is 0 Å². The Balaban J connectivity index is 2.68. The molecule has 2 rings (SSSR count). The van der Waals surface area contributed by atoms with Crippen molar-refractivity contribution in [2.75, 3.05) is 0 Å². The lowest BCUT2D eigenvalue weighted by molar-refractivity contribution is 1.33. The van der Waals surface area contributed by atoms with E-state index in [9.17, 15) is 0 Å². The molecule has 0 aromatic carbocycles. The van der Waals surface area contributed by atoms with Crippen LogP contribution in [-0.4, -0.2) is 9.97 Å². The number of aromatic amines is 1. The molecule has 2 aromatic heterocycles. The minimum atomic E-state index is 1.02. The van der Waals surface area contributed by atoms with Crippen LogP contribution in [0.5, 0.6) is 0 Å². The maximum Gasteiger partial charge on any atom is 0.0651 e. The second kappa shape index (κ2) is 3.96. The molecule has 2 heteroatoms. The van der Waals surface area contributed by atoms with E-state index in [2.05, 4.69) is 23.1 Å². The predicted octanol–water partition coefficient (Wildman–Crippen LogP) is 3.41. The molecule has 2 aromatic rings. The van der Waals surface area contributed by atoms with Crippen LogP contribution in [0.25, 0.3) is 23.1 Å². The van der Waals surface area contributed by atoms with Gasteiger partial charge in [0, 0.05) is 22.8 Å². The van der Waals surface area contributed by atoms with Crippen molar-refractivity contribution < 1.29 is 0 Å². The van der Waals surface area contributed by atoms with Crippen LogP contribution in [0.3, 0.4) is 0 Å². The maximum atomic E-state index is 4.07. The molecule has 2 heterocycles. The number of nitrogens with zero attached hydrogens (tertiary/aromatic N) is 1. The zero-order chi connectivity index (χ0) is 10.7. The van der Waals surface area contributed by atoms with E-state index in [0.717, 1.165) is 22.2 Å². The fourth-order valence-corrected chi connectivity index (χ4v) is 1.60. The van der Waals surface area contributed by atoms with E-state index in [4.69, 9.17) is 0 Å². The first-order valence-corrected chi connectivity index (χ1v) is 4.74. The molecular weight excluding hydrogens is 184 g/mol. The Bertz CT molecular complexity index is 532. The van der Waals surface area contributed by atoms with Gasteiger partial charge in [0.15, 0.2) is 0 Å². The van der Waals surface area contributed by atoms with Crippen molar-refractivity contribution in [3.05, 3.63) is 55.0 Å². The quantitative estimate of drug-likeness (QED) is 0.749. The molecule has 15 heavy (non-hydrogen) atoms. The first kappa shape index (κ1) is 9.46. The summed E-state index contributed by atoms with van der Waals surface area (Å²) in [6, 6.07) is 1.98. The van der Waals surface area contributed by atoms with Crippen molar-refractivity contribution in [1.82, 2.24) is 9.97 Å². The number of pyridine rings is 1. The number of allylic oxidation sites excluding steroid dienone is 2. The summed E-state index contributed by atoms with van der Waals surface area (Å²) in [5, 5.41) is 1.14. The molecule has 0 spiro atoms. The van der Waals surface area contributed by atoms with Gasteiger partial charge < -0.3 is 4.98 Å². The van der Waals surface area contributed by atoms with Gasteiger partial charge in [-0.25, -0.2) is 0 Å². The van der Waals surface area contributed by atoms with Gasteiger partial charge in [-0.1, -0.05) is 31.4 Å². The fraction of sp³-hybridized carbons (Fsp3) is 0. The predicted molar refractivity (Wildman–Crippen MR) is 65.4 cm³/mol. The second-order valence-corrected chi connectivity index (χ2v) is 3.17. The average molecular weight is 196 g/mol. The minimum absolute atomic E-state index is 1.02. The molecule has 0 aliphatic rings. The van der Waals surface area contributed by atoms with Gasteiger partial charge in [-0.05, 0) is 12.1 Å².